The molecule has 2 nitrogen and oxygen atoms in total. The number of nitrogens with zero attached hydrogens (tertiary/aromatic N) is 2. The third-order valence-electron chi connectivity index (χ3n) is 3.70. The van der Waals surface area contributed by atoms with Crippen molar-refractivity contribution < 1.29 is 0 Å². The Morgan fingerprint density at radius 1 is 1.17 bits per heavy atom. The summed E-state index contributed by atoms with van der Waals surface area (Å²) in [5.41, 5.74) is 0.644. The van der Waals surface area contributed by atoms with Crippen LogP contribution >= 0.6 is 0 Å². The van der Waals surface area contributed by atoms with Crippen molar-refractivity contribution in [3.05, 3.63) is 0 Å². The van der Waals surface area contributed by atoms with E-state index < -0.39 is 0 Å². The number of hydrogen-bond acceptors (Lipinski definition) is 2. The van der Waals surface area contributed by atoms with Gasteiger partial charge >= 0.3 is 0 Å². The highest BCUT2D eigenvalue weighted by atomic mass is 15.4. The quantitative estimate of drug-likeness (QED) is 0.542. The molecule has 0 aliphatic carbocycles. The zero-order valence-electron chi connectivity index (χ0n) is 8.51. The van der Waals surface area contributed by atoms with Crippen LogP contribution < -0.4 is 0 Å². The van der Waals surface area contributed by atoms with Gasteiger partial charge in [0.1, 0.15) is 0 Å². The standard InChI is InChI=1S/C10H20N2/c1-9(2)12-6-4-10(5-7-12)8-11(10)3/h9H,4-8H2,1-3H3. The molecule has 1 unspecified atom stereocenters. The van der Waals surface area contributed by atoms with Crippen molar-refractivity contribution in [3.63, 3.8) is 0 Å². The third-order valence-corrected chi connectivity index (χ3v) is 3.70. The summed E-state index contributed by atoms with van der Waals surface area (Å²) in [5.74, 6) is 0. The first-order valence-corrected chi connectivity index (χ1v) is 5.09. The molecule has 2 aliphatic rings. The Balaban J connectivity index is 1.86. The van der Waals surface area contributed by atoms with E-state index in [0.29, 0.717) is 5.54 Å². The van der Waals surface area contributed by atoms with Crippen molar-refractivity contribution in [2.75, 3.05) is 26.7 Å². The Labute approximate surface area is 75.5 Å². The highest BCUT2D eigenvalue weighted by molar-refractivity contribution is 5.07. The Hall–Kier alpha value is -0.0800. The maximum atomic E-state index is 2.59. The number of piperidine rings is 1. The lowest BCUT2D eigenvalue weighted by molar-refractivity contribution is 0.150. The van der Waals surface area contributed by atoms with E-state index in [1.807, 2.05) is 0 Å². The summed E-state index contributed by atoms with van der Waals surface area (Å²) in [4.78, 5) is 5.10. The molecule has 2 heterocycles. The van der Waals surface area contributed by atoms with Crippen molar-refractivity contribution in [3.8, 4) is 0 Å². The molecular weight excluding hydrogens is 148 g/mol. The van der Waals surface area contributed by atoms with E-state index >= 15 is 0 Å². The lowest BCUT2D eigenvalue weighted by atomic mass is 9.96. The van der Waals surface area contributed by atoms with E-state index in [1.54, 1.807) is 0 Å². The molecule has 0 radical (unpaired) electrons. The number of likely N-dealkylation sites (N-methyl/N-ethyl adjacent to an activating group) is 1. The van der Waals surface area contributed by atoms with Gasteiger partial charge in [-0.05, 0) is 33.7 Å². The molecule has 0 aromatic carbocycles. The first-order valence-electron chi connectivity index (χ1n) is 5.09. The fraction of sp³-hybridized carbons (Fsp3) is 1.00. The first-order chi connectivity index (χ1) is 5.64. The highest BCUT2D eigenvalue weighted by Crippen LogP contribution is 2.40. The summed E-state index contributed by atoms with van der Waals surface area (Å²) in [7, 11) is 2.25. The second-order valence-electron chi connectivity index (χ2n) is 4.71. The zero-order valence-corrected chi connectivity index (χ0v) is 8.51. The van der Waals surface area contributed by atoms with Gasteiger partial charge in [0.25, 0.3) is 0 Å². The molecule has 2 heteroatoms. The Morgan fingerprint density at radius 3 is 2.00 bits per heavy atom. The Kier molecular flexibility index (Phi) is 1.92. The topological polar surface area (TPSA) is 6.25 Å². The van der Waals surface area contributed by atoms with Crippen LogP contribution in [-0.2, 0) is 0 Å². The third kappa shape index (κ3) is 1.27. The average Bonchev–Trinajstić information content (AvgIpc) is 2.62. The normalized spacial score (nSPS) is 34.5. The summed E-state index contributed by atoms with van der Waals surface area (Å²) >= 11 is 0. The van der Waals surface area contributed by atoms with Gasteiger partial charge in [0.15, 0.2) is 0 Å². The Morgan fingerprint density at radius 2 is 1.67 bits per heavy atom. The van der Waals surface area contributed by atoms with Crippen LogP contribution in [0.15, 0.2) is 0 Å². The van der Waals surface area contributed by atoms with Crippen LogP contribution in [0, 0.1) is 0 Å². The van der Waals surface area contributed by atoms with E-state index in [-0.39, 0.29) is 0 Å². The van der Waals surface area contributed by atoms with Gasteiger partial charge in [-0.1, -0.05) is 0 Å². The fourth-order valence-electron chi connectivity index (χ4n) is 2.40. The molecule has 70 valence electrons. The van der Waals surface area contributed by atoms with Gasteiger partial charge in [0.05, 0.1) is 0 Å². The van der Waals surface area contributed by atoms with E-state index in [0.717, 1.165) is 6.04 Å². The lowest BCUT2D eigenvalue weighted by Crippen LogP contribution is -2.42. The summed E-state index contributed by atoms with van der Waals surface area (Å²) < 4.78 is 0. The maximum Gasteiger partial charge on any atom is 0.0358 e. The molecule has 0 aromatic rings. The van der Waals surface area contributed by atoms with Crippen LogP contribution in [0.1, 0.15) is 26.7 Å². The predicted molar refractivity (Wildman–Crippen MR) is 51.3 cm³/mol. The van der Waals surface area contributed by atoms with Crippen molar-refractivity contribution in [2.24, 2.45) is 0 Å². The Bertz CT molecular complexity index is 169. The molecule has 0 aromatic heterocycles. The monoisotopic (exact) mass is 168 g/mol. The highest BCUT2D eigenvalue weighted by Gasteiger charge is 2.50. The second kappa shape index (κ2) is 2.71. The molecule has 2 fully saturated rings. The molecule has 2 aliphatic heterocycles. The van der Waals surface area contributed by atoms with E-state index in [9.17, 15) is 0 Å². The number of rotatable bonds is 1. The number of hydrogen-bond donors (Lipinski definition) is 0. The van der Waals surface area contributed by atoms with E-state index in [2.05, 4.69) is 30.7 Å². The zero-order chi connectivity index (χ0) is 8.77. The van der Waals surface area contributed by atoms with Crippen LogP contribution in [0.3, 0.4) is 0 Å². The average molecular weight is 168 g/mol. The minimum atomic E-state index is 0.644. The second-order valence-corrected chi connectivity index (χ2v) is 4.71. The van der Waals surface area contributed by atoms with Crippen LogP contribution in [0.25, 0.3) is 0 Å². The predicted octanol–water partition coefficient (Wildman–Crippen LogP) is 1.17. The van der Waals surface area contributed by atoms with Crippen LogP contribution in [0.5, 0.6) is 0 Å². The minimum absolute atomic E-state index is 0.644. The molecule has 0 N–H and O–H groups in total. The van der Waals surface area contributed by atoms with Crippen molar-refractivity contribution in [1.82, 2.24) is 9.80 Å². The largest absolute Gasteiger partial charge is 0.301 e. The summed E-state index contributed by atoms with van der Waals surface area (Å²) in [6.45, 7) is 8.56. The first kappa shape index (κ1) is 8.52. The van der Waals surface area contributed by atoms with Gasteiger partial charge in [-0.25, -0.2) is 0 Å². The molecule has 12 heavy (non-hydrogen) atoms. The molecule has 2 saturated heterocycles. The van der Waals surface area contributed by atoms with Crippen LogP contribution in [-0.4, -0.2) is 48.1 Å². The summed E-state index contributed by atoms with van der Waals surface area (Å²) in [5, 5.41) is 0. The van der Waals surface area contributed by atoms with Gasteiger partial charge < -0.3 is 4.90 Å². The summed E-state index contributed by atoms with van der Waals surface area (Å²) in [6, 6.07) is 0.742. The van der Waals surface area contributed by atoms with E-state index in [4.69, 9.17) is 0 Å². The number of likely N-dealkylation sites (tertiary alicyclic amines) is 1. The lowest BCUT2D eigenvalue weighted by Gasteiger charge is -2.34. The summed E-state index contributed by atoms with van der Waals surface area (Å²) in [6.07, 6.45) is 2.78. The van der Waals surface area contributed by atoms with Gasteiger partial charge in [0, 0.05) is 31.2 Å². The van der Waals surface area contributed by atoms with Crippen molar-refractivity contribution in [1.29, 1.82) is 0 Å². The van der Waals surface area contributed by atoms with E-state index in [1.165, 1.54) is 32.5 Å². The van der Waals surface area contributed by atoms with Gasteiger partial charge in [-0.15, -0.1) is 0 Å². The van der Waals surface area contributed by atoms with Gasteiger partial charge in [-0.2, -0.15) is 0 Å². The van der Waals surface area contributed by atoms with Crippen LogP contribution in [0.2, 0.25) is 0 Å². The minimum Gasteiger partial charge on any atom is -0.301 e. The molecule has 2 rings (SSSR count). The molecular formula is C10H20N2. The molecule has 0 amide bonds. The van der Waals surface area contributed by atoms with Gasteiger partial charge in [0.2, 0.25) is 0 Å². The van der Waals surface area contributed by atoms with Crippen LogP contribution in [0.4, 0.5) is 0 Å². The SMILES string of the molecule is CC(C)N1CCC2(CC1)CN2C. The molecule has 0 bridgehead atoms. The van der Waals surface area contributed by atoms with Gasteiger partial charge in [-0.3, -0.25) is 4.90 Å². The molecule has 0 saturated carbocycles. The van der Waals surface area contributed by atoms with Crippen molar-refractivity contribution in [2.45, 2.75) is 38.3 Å². The van der Waals surface area contributed by atoms with Crippen molar-refractivity contribution >= 4 is 0 Å². The fourth-order valence-corrected chi connectivity index (χ4v) is 2.40. The molecule has 1 atom stereocenters. The molecule has 1 spiro atoms. The smallest absolute Gasteiger partial charge is 0.0358 e. The maximum absolute atomic E-state index is 2.59.